The molecule has 21 heavy (non-hydrogen) atoms. The van der Waals surface area contributed by atoms with Crippen LogP contribution in [0.5, 0.6) is 5.75 Å². The minimum Gasteiger partial charge on any atom is -0.494 e. The molecule has 3 rings (SSSR count). The number of fused-ring (bicyclic) bond motifs is 1. The van der Waals surface area contributed by atoms with Gasteiger partial charge in [-0.1, -0.05) is 13.8 Å². The normalized spacial score (nSPS) is 19.2. The van der Waals surface area contributed by atoms with E-state index in [-0.39, 0.29) is 0 Å². The molecule has 0 unspecified atom stereocenters. The smallest absolute Gasteiger partial charge is 0.150 e. The number of rotatable bonds is 3. The molecular formula is C15H21N5O. The number of anilines is 1. The Morgan fingerprint density at radius 1 is 1.33 bits per heavy atom. The standard InChI is InChI=1S/C15H21N5O/c1-10(2)12-8-20(5-4-17-12)15-14-11(18-9-19-15)6-16-7-13(14)21-3/h6-7,9-10,12,17H,4-5,8H2,1-3H3/t12-/m1/s1. The van der Waals surface area contributed by atoms with Crippen molar-refractivity contribution in [1.82, 2.24) is 20.3 Å². The van der Waals surface area contributed by atoms with Gasteiger partial charge in [0.15, 0.2) is 0 Å². The van der Waals surface area contributed by atoms with E-state index < -0.39 is 0 Å². The molecule has 112 valence electrons. The second-order valence-corrected chi connectivity index (χ2v) is 5.68. The van der Waals surface area contributed by atoms with E-state index in [0.717, 1.165) is 42.1 Å². The minimum atomic E-state index is 0.469. The van der Waals surface area contributed by atoms with Gasteiger partial charge in [0.1, 0.15) is 17.9 Å². The largest absolute Gasteiger partial charge is 0.494 e. The summed E-state index contributed by atoms with van der Waals surface area (Å²) >= 11 is 0. The van der Waals surface area contributed by atoms with E-state index in [0.29, 0.717) is 12.0 Å². The average Bonchev–Trinajstić information content (AvgIpc) is 2.53. The zero-order valence-corrected chi connectivity index (χ0v) is 12.7. The fourth-order valence-electron chi connectivity index (χ4n) is 2.78. The van der Waals surface area contributed by atoms with Gasteiger partial charge in [0.2, 0.25) is 0 Å². The number of hydrogen-bond acceptors (Lipinski definition) is 6. The molecular weight excluding hydrogens is 266 g/mol. The molecule has 0 radical (unpaired) electrons. The van der Waals surface area contributed by atoms with E-state index in [4.69, 9.17) is 4.74 Å². The third-order valence-electron chi connectivity index (χ3n) is 4.02. The zero-order chi connectivity index (χ0) is 14.8. The van der Waals surface area contributed by atoms with Crippen molar-refractivity contribution in [3.8, 4) is 5.75 Å². The molecule has 6 nitrogen and oxygen atoms in total. The quantitative estimate of drug-likeness (QED) is 0.922. The lowest BCUT2D eigenvalue weighted by molar-refractivity contribution is 0.367. The lowest BCUT2D eigenvalue weighted by atomic mass is 10.0. The summed E-state index contributed by atoms with van der Waals surface area (Å²) in [4.78, 5) is 15.3. The van der Waals surface area contributed by atoms with Crippen LogP contribution in [0.25, 0.3) is 10.9 Å². The SMILES string of the molecule is COc1cncc2ncnc(N3CCN[C@@H](C(C)C)C3)c12. The summed E-state index contributed by atoms with van der Waals surface area (Å²) < 4.78 is 5.45. The minimum absolute atomic E-state index is 0.469. The molecule has 1 saturated heterocycles. The van der Waals surface area contributed by atoms with Crippen LogP contribution in [0.15, 0.2) is 18.7 Å². The van der Waals surface area contributed by atoms with Crippen LogP contribution < -0.4 is 15.0 Å². The first-order valence-electron chi connectivity index (χ1n) is 7.31. The van der Waals surface area contributed by atoms with E-state index in [1.165, 1.54) is 0 Å². The van der Waals surface area contributed by atoms with Gasteiger partial charge in [-0.15, -0.1) is 0 Å². The van der Waals surface area contributed by atoms with Crippen LogP contribution in [0.3, 0.4) is 0 Å². The Morgan fingerprint density at radius 3 is 2.95 bits per heavy atom. The Bertz CT molecular complexity index is 625. The van der Waals surface area contributed by atoms with Gasteiger partial charge >= 0.3 is 0 Å². The van der Waals surface area contributed by atoms with Crippen molar-refractivity contribution in [2.75, 3.05) is 31.6 Å². The molecule has 0 spiro atoms. The summed E-state index contributed by atoms with van der Waals surface area (Å²) in [6.45, 7) is 7.31. The summed E-state index contributed by atoms with van der Waals surface area (Å²) in [5.41, 5.74) is 0.818. The summed E-state index contributed by atoms with van der Waals surface area (Å²) in [5, 5.41) is 4.51. The zero-order valence-electron chi connectivity index (χ0n) is 12.7. The fraction of sp³-hybridized carbons (Fsp3) is 0.533. The first-order chi connectivity index (χ1) is 10.2. The van der Waals surface area contributed by atoms with Gasteiger partial charge in [-0.25, -0.2) is 9.97 Å². The maximum absolute atomic E-state index is 5.45. The van der Waals surface area contributed by atoms with Crippen LogP contribution in [0.1, 0.15) is 13.8 Å². The molecule has 1 aliphatic heterocycles. The molecule has 0 saturated carbocycles. The molecule has 2 aromatic heterocycles. The van der Waals surface area contributed by atoms with Crippen LogP contribution in [0.2, 0.25) is 0 Å². The molecule has 1 aliphatic rings. The Labute approximate surface area is 124 Å². The lowest BCUT2D eigenvalue weighted by Gasteiger charge is -2.36. The third-order valence-corrected chi connectivity index (χ3v) is 4.02. The number of hydrogen-bond donors (Lipinski definition) is 1. The first-order valence-corrected chi connectivity index (χ1v) is 7.31. The van der Waals surface area contributed by atoms with Gasteiger partial charge < -0.3 is 15.0 Å². The highest BCUT2D eigenvalue weighted by molar-refractivity contribution is 5.94. The van der Waals surface area contributed by atoms with Crippen molar-refractivity contribution < 1.29 is 4.74 Å². The monoisotopic (exact) mass is 287 g/mol. The molecule has 2 aromatic rings. The predicted molar refractivity (Wildman–Crippen MR) is 82.7 cm³/mol. The van der Waals surface area contributed by atoms with E-state index in [2.05, 4.69) is 39.0 Å². The van der Waals surface area contributed by atoms with Gasteiger partial charge in [-0.2, -0.15) is 0 Å². The number of aromatic nitrogens is 3. The number of methoxy groups -OCH3 is 1. The predicted octanol–water partition coefficient (Wildman–Crippen LogP) is 1.47. The van der Waals surface area contributed by atoms with Crippen LogP contribution in [-0.2, 0) is 0 Å². The Kier molecular flexibility index (Phi) is 3.88. The van der Waals surface area contributed by atoms with Crippen LogP contribution in [-0.4, -0.2) is 47.7 Å². The Balaban J connectivity index is 2.03. The van der Waals surface area contributed by atoms with Crippen molar-refractivity contribution >= 4 is 16.7 Å². The summed E-state index contributed by atoms with van der Waals surface area (Å²) in [6, 6.07) is 0.469. The topological polar surface area (TPSA) is 63.2 Å². The molecule has 3 heterocycles. The average molecular weight is 287 g/mol. The maximum Gasteiger partial charge on any atom is 0.150 e. The second-order valence-electron chi connectivity index (χ2n) is 5.68. The van der Waals surface area contributed by atoms with Crippen LogP contribution in [0, 0.1) is 5.92 Å². The van der Waals surface area contributed by atoms with Gasteiger partial charge in [-0.05, 0) is 5.92 Å². The second kappa shape index (κ2) is 5.81. The summed E-state index contributed by atoms with van der Waals surface area (Å²) in [5.74, 6) is 2.25. The fourth-order valence-corrected chi connectivity index (χ4v) is 2.78. The third kappa shape index (κ3) is 2.63. The molecule has 1 atom stereocenters. The van der Waals surface area contributed by atoms with Crippen molar-refractivity contribution in [2.24, 2.45) is 5.92 Å². The first kappa shape index (κ1) is 14.0. The van der Waals surface area contributed by atoms with Crippen LogP contribution >= 0.6 is 0 Å². The summed E-state index contributed by atoms with van der Waals surface area (Å²) in [7, 11) is 1.65. The van der Waals surface area contributed by atoms with Gasteiger partial charge in [0, 0.05) is 25.7 Å². The molecule has 1 fully saturated rings. The van der Waals surface area contributed by atoms with E-state index in [1.807, 2.05) is 0 Å². The highest BCUT2D eigenvalue weighted by atomic mass is 16.5. The van der Waals surface area contributed by atoms with Crippen molar-refractivity contribution in [3.63, 3.8) is 0 Å². The number of piperazine rings is 1. The van der Waals surface area contributed by atoms with E-state index in [1.54, 1.807) is 25.8 Å². The summed E-state index contributed by atoms with van der Waals surface area (Å²) in [6.07, 6.45) is 5.08. The Morgan fingerprint density at radius 2 is 2.19 bits per heavy atom. The van der Waals surface area contributed by atoms with Crippen LogP contribution in [0.4, 0.5) is 5.82 Å². The van der Waals surface area contributed by atoms with Gasteiger partial charge in [0.25, 0.3) is 0 Å². The number of pyridine rings is 1. The van der Waals surface area contributed by atoms with Crippen molar-refractivity contribution in [2.45, 2.75) is 19.9 Å². The molecule has 0 aromatic carbocycles. The van der Waals surface area contributed by atoms with Crippen molar-refractivity contribution in [3.05, 3.63) is 18.7 Å². The Hall–Kier alpha value is -1.95. The number of nitrogens with zero attached hydrogens (tertiary/aromatic N) is 4. The number of ether oxygens (including phenoxy) is 1. The highest BCUT2D eigenvalue weighted by Gasteiger charge is 2.25. The lowest BCUT2D eigenvalue weighted by Crippen LogP contribution is -2.53. The number of nitrogens with one attached hydrogen (secondary N) is 1. The van der Waals surface area contributed by atoms with Gasteiger partial charge in [0.05, 0.1) is 30.4 Å². The van der Waals surface area contributed by atoms with E-state index in [9.17, 15) is 0 Å². The van der Waals surface area contributed by atoms with E-state index >= 15 is 0 Å². The van der Waals surface area contributed by atoms with Gasteiger partial charge in [-0.3, -0.25) is 4.98 Å². The molecule has 6 heteroatoms. The maximum atomic E-state index is 5.45. The van der Waals surface area contributed by atoms with Crippen molar-refractivity contribution in [1.29, 1.82) is 0 Å². The molecule has 0 aliphatic carbocycles. The highest BCUT2D eigenvalue weighted by Crippen LogP contribution is 2.31. The molecule has 0 bridgehead atoms. The molecule has 0 amide bonds. The molecule has 1 N–H and O–H groups in total.